The molecule has 0 atom stereocenters. The van der Waals surface area contributed by atoms with Gasteiger partial charge in [-0.1, -0.05) is 48.6 Å². The molecule has 0 radical (unpaired) electrons. The van der Waals surface area contributed by atoms with Crippen LogP contribution in [0.15, 0.2) is 48.6 Å². The molecule has 13 heavy (non-hydrogen) atoms. The average Bonchev–Trinajstić information content (AvgIpc) is 2.18. The molecular formula is C13H18. The van der Waals surface area contributed by atoms with E-state index in [-0.39, 0.29) is 0 Å². The van der Waals surface area contributed by atoms with E-state index in [4.69, 9.17) is 0 Å². The normalized spacial score (nSPS) is 28.9. The summed E-state index contributed by atoms with van der Waals surface area (Å²) in [6.45, 7) is 0. The second-order valence-electron chi connectivity index (χ2n) is 3.17. The molecule has 0 bridgehead atoms. The third-order valence-electron chi connectivity index (χ3n) is 1.98. The summed E-state index contributed by atoms with van der Waals surface area (Å²) in [6, 6.07) is 0. The van der Waals surface area contributed by atoms with Crippen molar-refractivity contribution in [3.05, 3.63) is 48.6 Å². The maximum Gasteiger partial charge on any atom is -0.0169 e. The topological polar surface area (TPSA) is 0 Å². The van der Waals surface area contributed by atoms with Gasteiger partial charge in [0.15, 0.2) is 0 Å². The Hall–Kier alpha value is -1.04. The highest BCUT2D eigenvalue weighted by Crippen LogP contribution is 1.99. The fraction of sp³-hybridized carbons (Fsp3) is 0.385. The van der Waals surface area contributed by atoms with Crippen molar-refractivity contribution in [1.82, 2.24) is 0 Å². The summed E-state index contributed by atoms with van der Waals surface area (Å²) in [7, 11) is 0. The monoisotopic (exact) mass is 174 g/mol. The second kappa shape index (κ2) is 7.60. The second-order valence-corrected chi connectivity index (χ2v) is 3.17. The molecule has 0 aliphatic heterocycles. The minimum atomic E-state index is 1.07. The molecule has 0 aromatic carbocycles. The first-order chi connectivity index (χ1) is 6.50. The van der Waals surface area contributed by atoms with Gasteiger partial charge in [0.2, 0.25) is 0 Å². The molecule has 0 aromatic rings. The molecule has 1 aliphatic rings. The van der Waals surface area contributed by atoms with Crippen LogP contribution in [0.4, 0.5) is 0 Å². The lowest BCUT2D eigenvalue weighted by Crippen LogP contribution is -1.65. The van der Waals surface area contributed by atoms with Crippen molar-refractivity contribution < 1.29 is 0 Å². The van der Waals surface area contributed by atoms with E-state index < -0.39 is 0 Å². The summed E-state index contributed by atoms with van der Waals surface area (Å²) >= 11 is 0. The smallest absolute Gasteiger partial charge is 0.0169 e. The summed E-state index contributed by atoms with van der Waals surface area (Å²) in [4.78, 5) is 0. The maximum atomic E-state index is 2.26. The van der Waals surface area contributed by atoms with Crippen molar-refractivity contribution in [2.75, 3.05) is 0 Å². The third kappa shape index (κ3) is 6.15. The number of hydrogen-bond acceptors (Lipinski definition) is 0. The van der Waals surface area contributed by atoms with Crippen molar-refractivity contribution in [3.63, 3.8) is 0 Å². The fourth-order valence-electron chi connectivity index (χ4n) is 1.24. The zero-order valence-electron chi connectivity index (χ0n) is 8.15. The first kappa shape index (κ1) is 10.0. The SMILES string of the molecule is C1=C\C/C=C/C/C=C/CC/C=C\C/1. The first-order valence-corrected chi connectivity index (χ1v) is 5.10. The van der Waals surface area contributed by atoms with Crippen LogP contribution in [0.5, 0.6) is 0 Å². The van der Waals surface area contributed by atoms with E-state index in [0.717, 1.165) is 19.3 Å². The van der Waals surface area contributed by atoms with Crippen LogP contribution in [0.1, 0.15) is 32.1 Å². The van der Waals surface area contributed by atoms with E-state index in [2.05, 4.69) is 48.6 Å². The molecule has 0 N–H and O–H groups in total. The van der Waals surface area contributed by atoms with E-state index in [1.165, 1.54) is 12.8 Å². The largest absolute Gasteiger partial charge is 0.0879 e. The maximum absolute atomic E-state index is 2.26. The average molecular weight is 174 g/mol. The highest BCUT2D eigenvalue weighted by Gasteiger charge is 1.78. The number of allylic oxidation sites excluding steroid dienone is 8. The third-order valence-corrected chi connectivity index (χ3v) is 1.98. The van der Waals surface area contributed by atoms with Gasteiger partial charge in [-0.2, -0.15) is 0 Å². The molecular weight excluding hydrogens is 156 g/mol. The van der Waals surface area contributed by atoms with Crippen molar-refractivity contribution in [3.8, 4) is 0 Å². The van der Waals surface area contributed by atoms with Gasteiger partial charge in [-0.25, -0.2) is 0 Å². The van der Waals surface area contributed by atoms with Gasteiger partial charge in [0.25, 0.3) is 0 Å². The van der Waals surface area contributed by atoms with Gasteiger partial charge in [-0.3, -0.25) is 0 Å². The Morgan fingerprint density at radius 3 is 1.08 bits per heavy atom. The van der Waals surface area contributed by atoms with Gasteiger partial charge in [0, 0.05) is 0 Å². The molecule has 0 saturated carbocycles. The Labute approximate surface area is 81.4 Å². The molecule has 0 unspecified atom stereocenters. The van der Waals surface area contributed by atoms with Crippen molar-refractivity contribution in [2.45, 2.75) is 32.1 Å². The number of hydrogen-bond donors (Lipinski definition) is 0. The van der Waals surface area contributed by atoms with Crippen molar-refractivity contribution in [1.29, 1.82) is 0 Å². The van der Waals surface area contributed by atoms with E-state index in [1.807, 2.05) is 0 Å². The fourth-order valence-corrected chi connectivity index (χ4v) is 1.24. The predicted octanol–water partition coefficient (Wildman–Crippen LogP) is 4.18. The Morgan fingerprint density at radius 1 is 0.385 bits per heavy atom. The van der Waals surface area contributed by atoms with Gasteiger partial charge < -0.3 is 0 Å². The van der Waals surface area contributed by atoms with Crippen LogP contribution < -0.4 is 0 Å². The summed E-state index contributed by atoms with van der Waals surface area (Å²) in [5.74, 6) is 0. The van der Waals surface area contributed by atoms with Gasteiger partial charge >= 0.3 is 0 Å². The zero-order chi connectivity index (χ0) is 9.19. The van der Waals surface area contributed by atoms with Crippen LogP contribution in [-0.2, 0) is 0 Å². The summed E-state index contributed by atoms with van der Waals surface area (Å²) in [5, 5.41) is 0. The van der Waals surface area contributed by atoms with Crippen LogP contribution in [0.2, 0.25) is 0 Å². The number of rotatable bonds is 0. The summed E-state index contributed by atoms with van der Waals surface area (Å²) in [6.07, 6.45) is 23.5. The van der Waals surface area contributed by atoms with Gasteiger partial charge in [0.05, 0.1) is 0 Å². The molecule has 70 valence electrons. The summed E-state index contributed by atoms with van der Waals surface area (Å²) < 4.78 is 0. The molecule has 0 nitrogen and oxygen atoms in total. The van der Waals surface area contributed by atoms with E-state index in [1.54, 1.807) is 0 Å². The molecule has 1 rings (SSSR count). The first-order valence-electron chi connectivity index (χ1n) is 5.10. The molecule has 0 amide bonds. The Bertz CT molecular complexity index is 192. The molecule has 0 heterocycles. The van der Waals surface area contributed by atoms with Crippen LogP contribution in [0, 0.1) is 0 Å². The minimum absolute atomic E-state index is 1.07. The van der Waals surface area contributed by atoms with Crippen LogP contribution in [0.25, 0.3) is 0 Å². The van der Waals surface area contributed by atoms with E-state index in [0.29, 0.717) is 0 Å². The highest BCUT2D eigenvalue weighted by molar-refractivity contribution is 5.00. The highest BCUT2D eigenvalue weighted by atomic mass is 13.9. The standard InChI is InChI=1S/C13H18/c1-2-4-6-8-10-12-13-11-9-7-5-3-1/h1-2,5-8,11,13H,3-4,9-10,12H2/b2-1-,7-5+,8-6-,13-11+. The van der Waals surface area contributed by atoms with Crippen LogP contribution >= 0.6 is 0 Å². The summed E-state index contributed by atoms with van der Waals surface area (Å²) in [5.41, 5.74) is 0. The Morgan fingerprint density at radius 2 is 0.692 bits per heavy atom. The van der Waals surface area contributed by atoms with Crippen molar-refractivity contribution in [2.24, 2.45) is 0 Å². The molecule has 0 fully saturated rings. The molecule has 0 spiro atoms. The predicted molar refractivity (Wildman–Crippen MR) is 59.6 cm³/mol. The molecule has 0 saturated heterocycles. The molecule has 1 aliphatic carbocycles. The lowest BCUT2D eigenvalue weighted by Gasteiger charge is -1.85. The quantitative estimate of drug-likeness (QED) is 0.483. The van der Waals surface area contributed by atoms with E-state index >= 15 is 0 Å². The Kier molecular flexibility index (Phi) is 5.87. The zero-order valence-corrected chi connectivity index (χ0v) is 8.15. The van der Waals surface area contributed by atoms with Gasteiger partial charge in [-0.05, 0) is 32.1 Å². The Balaban J connectivity index is 2.38. The minimum Gasteiger partial charge on any atom is -0.0879 e. The van der Waals surface area contributed by atoms with Crippen molar-refractivity contribution >= 4 is 0 Å². The lowest BCUT2D eigenvalue weighted by atomic mass is 10.2. The van der Waals surface area contributed by atoms with Crippen LogP contribution in [-0.4, -0.2) is 0 Å². The van der Waals surface area contributed by atoms with E-state index in [9.17, 15) is 0 Å². The molecule has 0 heteroatoms. The van der Waals surface area contributed by atoms with Crippen LogP contribution in [0.3, 0.4) is 0 Å². The lowest BCUT2D eigenvalue weighted by molar-refractivity contribution is 1.04. The van der Waals surface area contributed by atoms with Gasteiger partial charge in [-0.15, -0.1) is 0 Å². The van der Waals surface area contributed by atoms with Gasteiger partial charge in [0.1, 0.15) is 0 Å². The molecule has 0 aromatic heterocycles.